The summed E-state index contributed by atoms with van der Waals surface area (Å²) in [6.45, 7) is 4.00. The molecule has 0 fully saturated rings. The number of rotatable bonds is 3. The minimum absolute atomic E-state index is 0.166. The lowest BCUT2D eigenvalue weighted by Gasteiger charge is -2.11. The van der Waals surface area contributed by atoms with Crippen LogP contribution in [0.3, 0.4) is 0 Å². The van der Waals surface area contributed by atoms with Crippen molar-refractivity contribution < 1.29 is 4.74 Å². The van der Waals surface area contributed by atoms with Crippen LogP contribution in [0, 0.1) is 8.98 Å². The first-order valence-electron chi connectivity index (χ1n) is 4.63. The zero-order chi connectivity index (χ0) is 11.4. The molecule has 4 heteroatoms. The number of halogens is 1. The molecule has 0 aliphatic rings. The molecule has 1 rings (SSSR count). The van der Waals surface area contributed by atoms with Gasteiger partial charge in [-0.2, -0.15) is 0 Å². The highest BCUT2D eigenvalue weighted by atomic mass is 127. The van der Waals surface area contributed by atoms with Gasteiger partial charge in [-0.3, -0.25) is 5.41 Å². The molecular weight excluding hydrogens is 321 g/mol. The van der Waals surface area contributed by atoms with E-state index in [1.807, 2.05) is 38.3 Å². The molecule has 0 spiro atoms. The summed E-state index contributed by atoms with van der Waals surface area (Å²) in [5.41, 5.74) is 0.921. The third-order valence-electron chi connectivity index (χ3n) is 1.71. The second kappa shape index (κ2) is 5.75. The highest BCUT2D eigenvalue weighted by Crippen LogP contribution is 2.22. The van der Waals surface area contributed by atoms with Crippen molar-refractivity contribution in [2.45, 2.75) is 20.0 Å². The molecule has 0 bridgehead atoms. The van der Waals surface area contributed by atoms with Gasteiger partial charge in [-0.15, -0.1) is 11.8 Å². The van der Waals surface area contributed by atoms with Gasteiger partial charge in [0.15, 0.2) is 0 Å². The van der Waals surface area contributed by atoms with Crippen LogP contribution in [0.25, 0.3) is 0 Å². The highest BCUT2D eigenvalue weighted by Gasteiger charge is 2.05. The topological polar surface area (TPSA) is 33.1 Å². The zero-order valence-corrected chi connectivity index (χ0v) is 12.0. The van der Waals surface area contributed by atoms with Crippen molar-refractivity contribution >= 4 is 39.4 Å². The summed E-state index contributed by atoms with van der Waals surface area (Å²) in [5, 5.41) is 8.33. The maximum atomic E-state index is 7.76. The highest BCUT2D eigenvalue weighted by molar-refractivity contribution is 14.1. The van der Waals surface area contributed by atoms with E-state index >= 15 is 0 Å². The Bertz CT molecular complexity index is 366. The van der Waals surface area contributed by atoms with Crippen LogP contribution >= 0.6 is 34.4 Å². The van der Waals surface area contributed by atoms with E-state index in [9.17, 15) is 0 Å². The molecule has 1 aromatic rings. The van der Waals surface area contributed by atoms with E-state index in [0.29, 0.717) is 5.04 Å². The van der Waals surface area contributed by atoms with E-state index in [-0.39, 0.29) is 6.10 Å². The fraction of sp³-hybridized carbons (Fsp3) is 0.364. The summed E-state index contributed by atoms with van der Waals surface area (Å²) in [6, 6.07) is 5.89. The monoisotopic (exact) mass is 335 g/mol. The summed E-state index contributed by atoms with van der Waals surface area (Å²) in [7, 11) is 0. The molecule has 0 heterocycles. The molecular formula is C11H14INOS. The normalized spacial score (nSPS) is 10.5. The maximum absolute atomic E-state index is 7.76. The van der Waals surface area contributed by atoms with Crippen LogP contribution in [-0.2, 0) is 0 Å². The molecule has 0 saturated carbocycles. The number of hydrogen-bond donors (Lipinski definition) is 1. The summed E-state index contributed by atoms with van der Waals surface area (Å²) >= 11 is 3.68. The molecule has 15 heavy (non-hydrogen) atoms. The van der Waals surface area contributed by atoms with E-state index < -0.39 is 0 Å². The van der Waals surface area contributed by atoms with Crippen molar-refractivity contribution in [3.63, 3.8) is 0 Å². The summed E-state index contributed by atoms with van der Waals surface area (Å²) in [6.07, 6.45) is 2.07. The van der Waals surface area contributed by atoms with E-state index in [0.717, 1.165) is 14.9 Å². The molecule has 0 aliphatic heterocycles. The Kier molecular flexibility index (Phi) is 4.92. The van der Waals surface area contributed by atoms with Gasteiger partial charge in [0, 0.05) is 9.13 Å². The molecule has 0 saturated heterocycles. The molecule has 0 atom stereocenters. The molecule has 0 aliphatic carbocycles. The van der Waals surface area contributed by atoms with Crippen LogP contribution in [-0.4, -0.2) is 17.4 Å². The summed E-state index contributed by atoms with van der Waals surface area (Å²) < 4.78 is 6.72. The van der Waals surface area contributed by atoms with Crippen LogP contribution in [0.15, 0.2) is 18.2 Å². The summed E-state index contributed by atoms with van der Waals surface area (Å²) in [5.74, 6) is 0.839. The van der Waals surface area contributed by atoms with Crippen molar-refractivity contribution in [3.05, 3.63) is 27.3 Å². The largest absolute Gasteiger partial charge is 0.491 e. The average Bonchev–Trinajstić information content (AvgIpc) is 2.14. The number of benzene rings is 1. The predicted molar refractivity (Wildman–Crippen MR) is 75.3 cm³/mol. The molecule has 82 valence electrons. The Morgan fingerprint density at radius 2 is 2.07 bits per heavy atom. The molecule has 1 N–H and O–H groups in total. The first-order chi connectivity index (χ1) is 7.02. The van der Waals surface area contributed by atoms with Crippen LogP contribution in [0.5, 0.6) is 5.75 Å². The molecule has 0 unspecified atom stereocenters. The Labute approximate surface area is 108 Å². The zero-order valence-electron chi connectivity index (χ0n) is 9.00. The van der Waals surface area contributed by atoms with E-state index in [1.165, 1.54) is 11.8 Å². The predicted octanol–water partition coefficient (Wildman–Crippen LogP) is 3.77. The second-order valence-electron chi connectivity index (χ2n) is 3.38. The van der Waals surface area contributed by atoms with Gasteiger partial charge in [0.05, 0.1) is 11.1 Å². The Morgan fingerprint density at radius 1 is 1.40 bits per heavy atom. The van der Waals surface area contributed by atoms with Crippen LogP contribution in [0.4, 0.5) is 0 Å². The van der Waals surface area contributed by atoms with Gasteiger partial charge in [0.25, 0.3) is 0 Å². The molecule has 0 radical (unpaired) electrons. The number of hydrogen-bond acceptors (Lipinski definition) is 3. The van der Waals surface area contributed by atoms with Crippen molar-refractivity contribution in [3.8, 4) is 5.75 Å². The van der Waals surface area contributed by atoms with Crippen molar-refractivity contribution in [1.82, 2.24) is 0 Å². The SMILES string of the molecule is CSC(=N)c1cc(I)cc(OC(C)C)c1. The lowest BCUT2D eigenvalue weighted by molar-refractivity contribution is 0.242. The maximum Gasteiger partial charge on any atom is 0.121 e. The van der Waals surface area contributed by atoms with Gasteiger partial charge in [0.1, 0.15) is 5.75 Å². The van der Waals surface area contributed by atoms with Gasteiger partial charge in [0.2, 0.25) is 0 Å². The Hall–Kier alpha value is -0.230. The molecule has 0 amide bonds. The Morgan fingerprint density at radius 3 is 2.60 bits per heavy atom. The minimum Gasteiger partial charge on any atom is -0.491 e. The van der Waals surface area contributed by atoms with Crippen molar-refractivity contribution in [1.29, 1.82) is 5.41 Å². The van der Waals surface area contributed by atoms with E-state index in [1.54, 1.807) is 0 Å². The van der Waals surface area contributed by atoms with Gasteiger partial charge in [-0.25, -0.2) is 0 Å². The lowest BCUT2D eigenvalue weighted by atomic mass is 10.2. The van der Waals surface area contributed by atoms with E-state index in [2.05, 4.69) is 22.6 Å². The fourth-order valence-electron chi connectivity index (χ4n) is 1.15. The quantitative estimate of drug-likeness (QED) is 0.518. The smallest absolute Gasteiger partial charge is 0.121 e. The second-order valence-corrected chi connectivity index (χ2v) is 5.44. The van der Waals surface area contributed by atoms with Gasteiger partial charge in [-0.1, -0.05) is 0 Å². The molecule has 0 aromatic heterocycles. The van der Waals surface area contributed by atoms with Gasteiger partial charge in [-0.05, 0) is 60.9 Å². The first kappa shape index (κ1) is 12.8. The lowest BCUT2D eigenvalue weighted by Crippen LogP contribution is -2.06. The average molecular weight is 335 g/mol. The first-order valence-corrected chi connectivity index (χ1v) is 6.93. The minimum atomic E-state index is 0.166. The van der Waals surface area contributed by atoms with Crippen molar-refractivity contribution in [2.24, 2.45) is 0 Å². The van der Waals surface area contributed by atoms with Crippen LogP contribution < -0.4 is 4.74 Å². The standard InChI is InChI=1S/C11H14INOS/c1-7(2)14-10-5-8(11(13)15-3)4-9(12)6-10/h4-7,13H,1-3H3. The number of ether oxygens (including phenoxy) is 1. The van der Waals surface area contributed by atoms with Crippen LogP contribution in [0.2, 0.25) is 0 Å². The Balaban J connectivity index is 2.99. The van der Waals surface area contributed by atoms with Gasteiger partial charge >= 0.3 is 0 Å². The van der Waals surface area contributed by atoms with Gasteiger partial charge < -0.3 is 4.74 Å². The number of nitrogens with one attached hydrogen (secondary N) is 1. The molecule has 2 nitrogen and oxygen atoms in total. The fourth-order valence-corrected chi connectivity index (χ4v) is 2.15. The van der Waals surface area contributed by atoms with Crippen molar-refractivity contribution in [2.75, 3.05) is 6.26 Å². The van der Waals surface area contributed by atoms with E-state index in [4.69, 9.17) is 10.1 Å². The third-order valence-corrected chi connectivity index (χ3v) is 2.98. The number of thioether (sulfide) groups is 1. The third kappa shape index (κ3) is 4.03. The van der Waals surface area contributed by atoms with Crippen LogP contribution in [0.1, 0.15) is 19.4 Å². The molecule has 1 aromatic carbocycles. The summed E-state index contributed by atoms with van der Waals surface area (Å²) in [4.78, 5) is 0.